The molecule has 1 fully saturated rings. The van der Waals surface area contributed by atoms with Crippen LogP contribution in [0.25, 0.3) is 0 Å². The molecule has 0 aromatic heterocycles. The third-order valence-electron chi connectivity index (χ3n) is 4.94. The molecule has 1 N–H and O–H groups in total. The van der Waals surface area contributed by atoms with Crippen molar-refractivity contribution in [1.29, 1.82) is 0 Å². The minimum absolute atomic E-state index is 0.0340. The summed E-state index contributed by atoms with van der Waals surface area (Å²) >= 11 is 0. The molecule has 0 unspecified atom stereocenters. The number of hydrogen-bond donors (Lipinski definition) is 1. The Labute approximate surface area is 135 Å². The molecular formula is C19H19FN2O. The number of benzene rings is 2. The Morgan fingerprint density at radius 3 is 2.87 bits per heavy atom. The van der Waals surface area contributed by atoms with Gasteiger partial charge in [0.05, 0.1) is 0 Å². The summed E-state index contributed by atoms with van der Waals surface area (Å²) in [4.78, 5) is 14.5. The van der Waals surface area contributed by atoms with Crippen molar-refractivity contribution in [3.63, 3.8) is 0 Å². The lowest BCUT2D eigenvalue weighted by atomic mass is 9.87. The predicted octanol–water partition coefficient (Wildman–Crippen LogP) is 2.78. The van der Waals surface area contributed by atoms with Crippen LogP contribution in [0.1, 0.15) is 27.4 Å². The summed E-state index contributed by atoms with van der Waals surface area (Å²) in [5, 5.41) is 3.04. The predicted molar refractivity (Wildman–Crippen MR) is 86.7 cm³/mol. The second kappa shape index (κ2) is 5.78. The highest BCUT2D eigenvalue weighted by molar-refractivity contribution is 5.96. The van der Waals surface area contributed by atoms with Gasteiger partial charge in [-0.2, -0.15) is 0 Å². The molecule has 2 aromatic rings. The number of fused-ring (bicyclic) bond motifs is 3. The van der Waals surface area contributed by atoms with Gasteiger partial charge in [-0.1, -0.05) is 30.3 Å². The van der Waals surface area contributed by atoms with Crippen molar-refractivity contribution in [1.82, 2.24) is 10.2 Å². The molecular weight excluding hydrogens is 291 g/mol. The van der Waals surface area contributed by atoms with E-state index in [2.05, 4.69) is 16.3 Å². The Hall–Kier alpha value is -2.20. The Kier molecular flexibility index (Phi) is 3.62. The Balaban J connectivity index is 1.57. The van der Waals surface area contributed by atoms with Crippen LogP contribution in [0.15, 0.2) is 48.5 Å². The van der Waals surface area contributed by atoms with Crippen molar-refractivity contribution in [2.24, 2.45) is 5.92 Å². The molecule has 1 saturated heterocycles. The first-order chi connectivity index (χ1) is 11.2. The summed E-state index contributed by atoms with van der Waals surface area (Å²) in [5.74, 6) is 0.620. The average Bonchev–Trinajstić information content (AvgIpc) is 2.90. The van der Waals surface area contributed by atoms with E-state index in [0.29, 0.717) is 18.4 Å². The largest absolute Gasteiger partial charge is 0.352 e. The lowest BCUT2D eigenvalue weighted by Crippen LogP contribution is -2.29. The lowest BCUT2D eigenvalue weighted by Gasteiger charge is -2.17. The number of carbonyl (C=O) groups is 1. The standard InChI is InChI=1S/C19H19FN2O/c20-15-5-3-4-13(8-15)10-22-11-14-9-21-19(23)17-7-2-1-6-16(17)18(14)12-22/h1-8,14,18H,9-12H2,(H,21,23)/t14-,18+/m1/s1. The first-order valence-electron chi connectivity index (χ1n) is 8.04. The Morgan fingerprint density at radius 1 is 1.13 bits per heavy atom. The van der Waals surface area contributed by atoms with Crippen LogP contribution < -0.4 is 5.32 Å². The fourth-order valence-electron chi connectivity index (χ4n) is 3.89. The zero-order valence-electron chi connectivity index (χ0n) is 12.8. The maximum absolute atomic E-state index is 13.4. The summed E-state index contributed by atoms with van der Waals surface area (Å²) in [7, 11) is 0. The van der Waals surface area contributed by atoms with Crippen molar-refractivity contribution in [3.8, 4) is 0 Å². The maximum atomic E-state index is 13.4. The third kappa shape index (κ3) is 2.75. The topological polar surface area (TPSA) is 32.3 Å². The molecule has 4 heteroatoms. The van der Waals surface area contributed by atoms with E-state index >= 15 is 0 Å². The van der Waals surface area contributed by atoms with Gasteiger partial charge in [-0.25, -0.2) is 4.39 Å². The fourth-order valence-corrected chi connectivity index (χ4v) is 3.89. The smallest absolute Gasteiger partial charge is 0.251 e. The van der Waals surface area contributed by atoms with Crippen LogP contribution in [-0.4, -0.2) is 30.4 Å². The lowest BCUT2D eigenvalue weighted by molar-refractivity contribution is 0.0951. The molecule has 2 heterocycles. The molecule has 2 aliphatic heterocycles. The van der Waals surface area contributed by atoms with Crippen molar-refractivity contribution in [2.45, 2.75) is 12.5 Å². The molecule has 0 radical (unpaired) electrons. The second-order valence-corrected chi connectivity index (χ2v) is 6.49. The SMILES string of the molecule is O=C1NC[C@@H]2CN(Cc3cccc(F)c3)C[C@@H]2c2ccccc21. The van der Waals surface area contributed by atoms with E-state index in [9.17, 15) is 9.18 Å². The molecule has 0 aliphatic carbocycles. The van der Waals surface area contributed by atoms with Crippen LogP contribution in [0.3, 0.4) is 0 Å². The summed E-state index contributed by atoms with van der Waals surface area (Å²) in [6.45, 7) is 3.29. The highest BCUT2D eigenvalue weighted by atomic mass is 19.1. The molecule has 0 saturated carbocycles. The van der Waals surface area contributed by atoms with Gasteiger partial charge in [0.1, 0.15) is 5.82 Å². The first kappa shape index (κ1) is 14.4. The quantitative estimate of drug-likeness (QED) is 0.925. The van der Waals surface area contributed by atoms with E-state index in [-0.39, 0.29) is 11.7 Å². The monoisotopic (exact) mass is 310 g/mol. The van der Waals surface area contributed by atoms with Crippen LogP contribution in [0.2, 0.25) is 0 Å². The van der Waals surface area contributed by atoms with Gasteiger partial charge in [-0.05, 0) is 35.2 Å². The molecule has 0 spiro atoms. The number of amides is 1. The normalized spacial score (nSPS) is 23.8. The Bertz CT molecular complexity index is 746. The van der Waals surface area contributed by atoms with E-state index in [1.807, 2.05) is 24.3 Å². The minimum Gasteiger partial charge on any atom is -0.352 e. The van der Waals surface area contributed by atoms with Crippen molar-refractivity contribution >= 4 is 5.91 Å². The molecule has 2 aliphatic rings. The van der Waals surface area contributed by atoms with E-state index in [4.69, 9.17) is 0 Å². The van der Waals surface area contributed by atoms with Crippen molar-refractivity contribution in [2.75, 3.05) is 19.6 Å². The zero-order chi connectivity index (χ0) is 15.8. The molecule has 2 atom stereocenters. The van der Waals surface area contributed by atoms with Gasteiger partial charge in [-0.3, -0.25) is 9.69 Å². The van der Waals surface area contributed by atoms with Gasteiger partial charge >= 0.3 is 0 Å². The van der Waals surface area contributed by atoms with Crippen LogP contribution >= 0.6 is 0 Å². The van der Waals surface area contributed by atoms with Crippen LogP contribution in [-0.2, 0) is 6.54 Å². The van der Waals surface area contributed by atoms with Gasteiger partial charge in [0.15, 0.2) is 0 Å². The first-order valence-corrected chi connectivity index (χ1v) is 8.04. The molecule has 4 rings (SSSR count). The fraction of sp³-hybridized carbons (Fsp3) is 0.316. The van der Waals surface area contributed by atoms with Gasteiger partial charge < -0.3 is 5.32 Å². The van der Waals surface area contributed by atoms with E-state index < -0.39 is 0 Å². The highest BCUT2D eigenvalue weighted by Crippen LogP contribution is 2.36. The summed E-state index contributed by atoms with van der Waals surface area (Å²) in [6, 6.07) is 14.7. The van der Waals surface area contributed by atoms with Gasteiger partial charge in [0, 0.05) is 37.7 Å². The van der Waals surface area contributed by atoms with Crippen LogP contribution in [0.4, 0.5) is 4.39 Å². The van der Waals surface area contributed by atoms with E-state index in [0.717, 1.165) is 36.3 Å². The number of hydrogen-bond acceptors (Lipinski definition) is 2. The molecule has 23 heavy (non-hydrogen) atoms. The van der Waals surface area contributed by atoms with Gasteiger partial charge in [0.25, 0.3) is 5.91 Å². The van der Waals surface area contributed by atoms with Gasteiger partial charge in [0.2, 0.25) is 0 Å². The molecule has 2 aromatic carbocycles. The van der Waals surface area contributed by atoms with Crippen LogP contribution in [0.5, 0.6) is 0 Å². The number of nitrogens with one attached hydrogen (secondary N) is 1. The number of nitrogens with zero attached hydrogens (tertiary/aromatic N) is 1. The van der Waals surface area contributed by atoms with E-state index in [1.165, 1.54) is 6.07 Å². The number of carbonyl (C=O) groups excluding carboxylic acids is 1. The van der Waals surface area contributed by atoms with E-state index in [1.54, 1.807) is 12.1 Å². The number of rotatable bonds is 2. The Morgan fingerprint density at radius 2 is 2.00 bits per heavy atom. The second-order valence-electron chi connectivity index (χ2n) is 6.49. The molecule has 0 bridgehead atoms. The number of likely N-dealkylation sites (tertiary alicyclic amines) is 1. The summed E-state index contributed by atoms with van der Waals surface area (Å²) in [5.41, 5.74) is 2.95. The number of halogens is 1. The maximum Gasteiger partial charge on any atom is 0.251 e. The van der Waals surface area contributed by atoms with Crippen molar-refractivity contribution in [3.05, 3.63) is 71.0 Å². The van der Waals surface area contributed by atoms with Gasteiger partial charge in [-0.15, -0.1) is 0 Å². The highest BCUT2D eigenvalue weighted by Gasteiger charge is 2.37. The zero-order valence-corrected chi connectivity index (χ0v) is 12.8. The van der Waals surface area contributed by atoms with Crippen molar-refractivity contribution < 1.29 is 9.18 Å². The molecule has 118 valence electrons. The van der Waals surface area contributed by atoms with Crippen LogP contribution in [0, 0.1) is 11.7 Å². The summed E-state index contributed by atoms with van der Waals surface area (Å²) in [6.07, 6.45) is 0. The molecule has 3 nitrogen and oxygen atoms in total. The molecule has 1 amide bonds. The average molecular weight is 310 g/mol. The minimum atomic E-state index is -0.187. The third-order valence-corrected chi connectivity index (χ3v) is 4.94. The summed E-state index contributed by atoms with van der Waals surface area (Å²) < 4.78 is 13.4.